The second-order valence-corrected chi connectivity index (χ2v) is 6.71. The topological polar surface area (TPSA) is 123 Å². The molecule has 1 amide bonds. The molecule has 3 rings (SSSR count). The molecule has 3 N–H and O–H groups in total. The van der Waals surface area contributed by atoms with Gasteiger partial charge in [0, 0.05) is 24.7 Å². The van der Waals surface area contributed by atoms with Gasteiger partial charge in [-0.05, 0) is 38.1 Å². The van der Waals surface area contributed by atoms with E-state index in [-0.39, 0.29) is 48.5 Å². The largest absolute Gasteiger partial charge is 0.457 e. The summed E-state index contributed by atoms with van der Waals surface area (Å²) in [6, 6.07) is 5.66. The highest BCUT2D eigenvalue weighted by molar-refractivity contribution is 5.87. The number of benzene rings is 1. The van der Waals surface area contributed by atoms with E-state index in [1.54, 1.807) is 4.90 Å². The van der Waals surface area contributed by atoms with Crippen LogP contribution in [0, 0.1) is 11.7 Å². The monoisotopic (exact) mass is 388 g/mol. The number of rotatable bonds is 6. The van der Waals surface area contributed by atoms with Gasteiger partial charge in [-0.3, -0.25) is 9.59 Å². The second kappa shape index (κ2) is 8.15. The van der Waals surface area contributed by atoms with Crippen LogP contribution in [0.5, 0.6) is 0 Å². The van der Waals surface area contributed by atoms with Crippen molar-refractivity contribution >= 4 is 29.5 Å². The van der Waals surface area contributed by atoms with Crippen LogP contribution in [0.4, 0.5) is 22.0 Å². The Morgan fingerprint density at radius 2 is 2.04 bits per heavy atom. The van der Waals surface area contributed by atoms with Gasteiger partial charge in [-0.2, -0.15) is 15.0 Å². The van der Waals surface area contributed by atoms with Gasteiger partial charge in [0.25, 0.3) is 0 Å². The Bertz CT molecular complexity index is 874. The molecule has 148 valence electrons. The van der Waals surface area contributed by atoms with Crippen LogP contribution in [0.15, 0.2) is 24.3 Å². The summed E-state index contributed by atoms with van der Waals surface area (Å²) >= 11 is 0. The molecule has 0 spiro atoms. The van der Waals surface area contributed by atoms with Crippen LogP contribution >= 0.6 is 0 Å². The van der Waals surface area contributed by atoms with E-state index in [2.05, 4.69) is 20.3 Å². The van der Waals surface area contributed by atoms with Crippen LogP contribution in [-0.2, 0) is 20.9 Å². The van der Waals surface area contributed by atoms with Crippen molar-refractivity contribution in [2.24, 2.45) is 5.92 Å². The Labute approximate surface area is 161 Å². The molecule has 1 atom stereocenters. The summed E-state index contributed by atoms with van der Waals surface area (Å²) in [5, 5.41) is 2.88. The van der Waals surface area contributed by atoms with E-state index in [0.29, 0.717) is 12.2 Å². The number of esters is 1. The van der Waals surface area contributed by atoms with Gasteiger partial charge < -0.3 is 20.7 Å². The zero-order chi connectivity index (χ0) is 20.3. The quantitative estimate of drug-likeness (QED) is 0.716. The molecule has 0 radical (unpaired) electrons. The van der Waals surface area contributed by atoms with E-state index in [0.717, 1.165) is 0 Å². The number of ether oxygens (including phenoxy) is 1. The number of nitrogens with zero attached hydrogens (tertiary/aromatic N) is 4. The first-order chi connectivity index (χ1) is 13.3. The zero-order valence-corrected chi connectivity index (χ0v) is 15.6. The van der Waals surface area contributed by atoms with Crippen LogP contribution in [0.3, 0.4) is 0 Å². The van der Waals surface area contributed by atoms with Crippen LogP contribution in [0.1, 0.15) is 26.1 Å². The number of aromatic nitrogens is 3. The predicted molar refractivity (Wildman–Crippen MR) is 98.7 cm³/mol. The fourth-order valence-corrected chi connectivity index (χ4v) is 2.86. The van der Waals surface area contributed by atoms with E-state index in [9.17, 15) is 14.0 Å². The lowest BCUT2D eigenvalue weighted by molar-refractivity contribution is -0.150. The summed E-state index contributed by atoms with van der Waals surface area (Å²) in [5.74, 6) is -1.16. The number of nitrogens with one attached hydrogen (secondary N) is 1. The summed E-state index contributed by atoms with van der Waals surface area (Å²) in [4.78, 5) is 37.9. The third-order valence-electron chi connectivity index (χ3n) is 4.26. The normalized spacial score (nSPS) is 16.5. The molecular formula is C18H21FN6O3. The van der Waals surface area contributed by atoms with Gasteiger partial charge in [0.2, 0.25) is 17.8 Å². The van der Waals surface area contributed by atoms with Gasteiger partial charge >= 0.3 is 5.97 Å². The molecule has 1 unspecified atom stereocenters. The van der Waals surface area contributed by atoms with Crippen molar-refractivity contribution in [3.05, 3.63) is 35.9 Å². The SMILES string of the molecule is CC(C)N1CC(C(=O)OCc2nc(N)nc(Nc3ccc(F)cc3)n2)CC1=O. The molecule has 0 bridgehead atoms. The molecule has 1 aromatic heterocycles. The smallest absolute Gasteiger partial charge is 0.311 e. The minimum atomic E-state index is -0.508. The van der Waals surface area contributed by atoms with E-state index in [4.69, 9.17) is 10.5 Å². The number of nitrogens with two attached hydrogens (primary N) is 1. The number of amides is 1. The second-order valence-electron chi connectivity index (χ2n) is 6.71. The van der Waals surface area contributed by atoms with Crippen molar-refractivity contribution in [3.63, 3.8) is 0 Å². The highest BCUT2D eigenvalue weighted by atomic mass is 19.1. The van der Waals surface area contributed by atoms with Gasteiger partial charge in [-0.15, -0.1) is 0 Å². The average Bonchev–Trinajstić information content (AvgIpc) is 3.03. The van der Waals surface area contributed by atoms with Crippen molar-refractivity contribution in [1.82, 2.24) is 19.9 Å². The summed E-state index contributed by atoms with van der Waals surface area (Å²) < 4.78 is 18.2. The molecule has 9 nitrogen and oxygen atoms in total. The number of likely N-dealkylation sites (tertiary alicyclic amines) is 1. The fraction of sp³-hybridized carbons (Fsp3) is 0.389. The molecule has 1 aromatic carbocycles. The third-order valence-corrected chi connectivity index (χ3v) is 4.26. The molecular weight excluding hydrogens is 367 g/mol. The first-order valence-electron chi connectivity index (χ1n) is 8.81. The van der Waals surface area contributed by atoms with Crippen molar-refractivity contribution in [3.8, 4) is 0 Å². The predicted octanol–water partition coefficient (Wildman–Crippen LogP) is 1.64. The van der Waals surface area contributed by atoms with Crippen molar-refractivity contribution in [2.75, 3.05) is 17.6 Å². The molecule has 10 heteroatoms. The Kier molecular flexibility index (Phi) is 5.67. The van der Waals surface area contributed by atoms with Crippen LogP contribution in [-0.4, -0.2) is 44.3 Å². The van der Waals surface area contributed by atoms with Crippen molar-refractivity contribution in [1.29, 1.82) is 0 Å². The van der Waals surface area contributed by atoms with Gasteiger partial charge in [-0.25, -0.2) is 4.39 Å². The van der Waals surface area contributed by atoms with Crippen molar-refractivity contribution < 1.29 is 18.7 Å². The highest BCUT2D eigenvalue weighted by Gasteiger charge is 2.36. The first-order valence-corrected chi connectivity index (χ1v) is 8.81. The van der Waals surface area contributed by atoms with Crippen molar-refractivity contribution in [2.45, 2.75) is 32.9 Å². The molecule has 2 heterocycles. The highest BCUT2D eigenvalue weighted by Crippen LogP contribution is 2.22. The van der Waals surface area contributed by atoms with E-state index in [1.165, 1.54) is 24.3 Å². The van der Waals surface area contributed by atoms with E-state index in [1.807, 2.05) is 13.8 Å². The lowest BCUT2D eigenvalue weighted by atomic mass is 10.1. The molecule has 1 aliphatic heterocycles. The zero-order valence-electron chi connectivity index (χ0n) is 15.6. The molecule has 28 heavy (non-hydrogen) atoms. The number of hydrogen-bond donors (Lipinski definition) is 2. The minimum Gasteiger partial charge on any atom is -0.457 e. The number of anilines is 3. The Hall–Kier alpha value is -3.30. The maximum atomic E-state index is 13.0. The number of hydrogen-bond acceptors (Lipinski definition) is 8. The lowest BCUT2D eigenvalue weighted by Gasteiger charge is -2.20. The first kappa shape index (κ1) is 19.5. The molecule has 0 aliphatic carbocycles. The minimum absolute atomic E-state index is 0.0359. The van der Waals surface area contributed by atoms with Crippen LogP contribution < -0.4 is 11.1 Å². The summed E-state index contributed by atoms with van der Waals surface area (Å²) in [5.41, 5.74) is 6.24. The molecule has 2 aromatic rings. The molecule has 0 saturated carbocycles. The summed E-state index contributed by atoms with van der Waals surface area (Å²) in [7, 11) is 0. The molecule has 1 aliphatic rings. The van der Waals surface area contributed by atoms with Crippen LogP contribution in [0.2, 0.25) is 0 Å². The maximum absolute atomic E-state index is 13.0. The van der Waals surface area contributed by atoms with Gasteiger partial charge in [-0.1, -0.05) is 0 Å². The number of carbonyl (C=O) groups is 2. The van der Waals surface area contributed by atoms with E-state index < -0.39 is 11.9 Å². The Morgan fingerprint density at radius 1 is 1.32 bits per heavy atom. The number of halogens is 1. The van der Waals surface area contributed by atoms with Gasteiger partial charge in [0.05, 0.1) is 5.92 Å². The van der Waals surface area contributed by atoms with Gasteiger partial charge in [0.15, 0.2) is 12.4 Å². The van der Waals surface area contributed by atoms with E-state index >= 15 is 0 Å². The lowest BCUT2D eigenvalue weighted by Crippen LogP contribution is -2.33. The van der Waals surface area contributed by atoms with Crippen LogP contribution in [0.25, 0.3) is 0 Å². The average molecular weight is 388 g/mol. The summed E-state index contributed by atoms with van der Waals surface area (Å²) in [6.07, 6.45) is 0.133. The molecule has 1 fully saturated rings. The maximum Gasteiger partial charge on any atom is 0.311 e. The molecule has 1 saturated heterocycles. The Balaban J connectivity index is 1.61. The number of nitrogen functional groups attached to an aromatic ring is 1. The standard InChI is InChI=1S/C18H21FN6O3/c1-10(2)25-8-11(7-15(25)26)16(27)28-9-14-22-17(20)24-18(23-14)21-13-5-3-12(19)4-6-13/h3-6,10-11H,7-9H2,1-2H3,(H3,20,21,22,23,24). The Morgan fingerprint density at radius 3 is 2.68 bits per heavy atom. The number of carbonyl (C=O) groups excluding carboxylic acids is 2. The van der Waals surface area contributed by atoms with Gasteiger partial charge in [0.1, 0.15) is 5.82 Å². The third kappa shape index (κ3) is 4.70. The summed E-state index contributed by atoms with van der Waals surface area (Å²) in [6.45, 7) is 3.94. The fourth-order valence-electron chi connectivity index (χ4n) is 2.86.